The van der Waals surface area contributed by atoms with Crippen molar-refractivity contribution in [3.8, 4) is 6.07 Å². The average molecular weight is 397 g/mol. The van der Waals surface area contributed by atoms with Crippen molar-refractivity contribution in [1.82, 2.24) is 9.97 Å². The van der Waals surface area contributed by atoms with Gasteiger partial charge in [-0.2, -0.15) is 5.26 Å². The molecule has 0 saturated heterocycles. The van der Waals surface area contributed by atoms with E-state index in [0.717, 1.165) is 28.2 Å². The Kier molecular flexibility index (Phi) is 5.33. The zero-order valence-electron chi connectivity index (χ0n) is 16.6. The Hall–Kier alpha value is -3.89. The number of hydrogen-bond donors (Lipinski definition) is 1. The summed E-state index contributed by atoms with van der Waals surface area (Å²) < 4.78 is 5.68. The number of ether oxygens (including phenoxy) is 1. The van der Waals surface area contributed by atoms with Gasteiger partial charge in [-0.1, -0.05) is 12.1 Å². The summed E-state index contributed by atoms with van der Waals surface area (Å²) in [7, 11) is 1.63. The van der Waals surface area contributed by atoms with E-state index in [9.17, 15) is 4.79 Å². The summed E-state index contributed by atoms with van der Waals surface area (Å²) in [5.74, 6) is 0.0857. The predicted molar refractivity (Wildman–Crippen MR) is 113 cm³/mol. The maximum Gasteiger partial charge on any atom is 0.256 e. The molecule has 0 bridgehead atoms. The van der Waals surface area contributed by atoms with Crippen LogP contribution in [0.25, 0.3) is 0 Å². The second kappa shape index (κ2) is 8.23. The van der Waals surface area contributed by atoms with E-state index in [-0.39, 0.29) is 12.0 Å². The number of methoxy groups -OCH3 is 1. The van der Waals surface area contributed by atoms with Gasteiger partial charge in [0.1, 0.15) is 11.9 Å². The number of fused-ring (bicyclic) bond motifs is 1. The molecule has 1 atom stereocenters. The molecule has 0 saturated carbocycles. The molecule has 3 heterocycles. The molecule has 0 spiro atoms. The van der Waals surface area contributed by atoms with Crippen molar-refractivity contribution in [3.63, 3.8) is 0 Å². The maximum atomic E-state index is 12.4. The van der Waals surface area contributed by atoms with Crippen molar-refractivity contribution >= 4 is 23.1 Å². The number of carbonyl (C=O) groups is 1. The van der Waals surface area contributed by atoms with E-state index in [1.165, 1.54) is 6.07 Å². The van der Waals surface area contributed by atoms with Gasteiger partial charge in [-0.3, -0.25) is 14.8 Å². The number of hydrogen-bond acceptors (Lipinski definition) is 6. The van der Waals surface area contributed by atoms with Gasteiger partial charge in [0.15, 0.2) is 0 Å². The highest BCUT2D eigenvalue weighted by molar-refractivity contribution is 6.04. The highest BCUT2D eigenvalue weighted by atomic mass is 16.5. The fourth-order valence-electron chi connectivity index (χ4n) is 3.35. The summed E-state index contributed by atoms with van der Waals surface area (Å²) in [5, 5.41) is 11.7. The lowest BCUT2D eigenvalue weighted by Crippen LogP contribution is -2.16. The normalized spacial score (nSPS) is 13.2. The second-order valence-electron chi connectivity index (χ2n) is 7.00. The number of nitrogens with zero attached hydrogens (tertiary/aromatic N) is 4. The zero-order valence-corrected chi connectivity index (χ0v) is 16.6. The molecule has 3 aromatic rings. The predicted octanol–water partition coefficient (Wildman–Crippen LogP) is 3.93. The number of nitriles is 1. The molecule has 0 radical (unpaired) electrons. The molecular weight excluding hydrogens is 378 g/mol. The fraction of sp³-hybridized carbons (Fsp3) is 0.174. The van der Waals surface area contributed by atoms with Crippen molar-refractivity contribution in [1.29, 1.82) is 5.26 Å². The topological polar surface area (TPSA) is 100 Å². The Bertz CT molecular complexity index is 1180. The molecule has 0 unspecified atom stereocenters. The number of aryl methyl sites for hydroxylation is 1. The number of carbonyl (C=O) groups excluding carboxylic acids is 1. The number of amides is 1. The van der Waals surface area contributed by atoms with E-state index < -0.39 is 0 Å². The lowest BCUT2D eigenvalue weighted by Gasteiger charge is -2.16. The van der Waals surface area contributed by atoms with Crippen molar-refractivity contribution in [2.24, 2.45) is 4.99 Å². The standard InChI is InChI=1S/C23H19N5O2/c1-14-8-19-18(25-12-14)10-20(27-19)22(30-2)17-6-7-21(26-13-17)28-23(29)16-5-3-4-15(9-16)11-24/h3-9,12-13,22H,10H2,1-2H3,(H,26,28,29)/t22-/m0/s1. The Morgan fingerprint density at radius 1 is 1.20 bits per heavy atom. The Morgan fingerprint density at radius 2 is 2.07 bits per heavy atom. The molecule has 1 aliphatic heterocycles. The number of rotatable bonds is 5. The monoisotopic (exact) mass is 397 g/mol. The van der Waals surface area contributed by atoms with Crippen molar-refractivity contribution < 1.29 is 9.53 Å². The maximum absolute atomic E-state index is 12.4. The van der Waals surface area contributed by atoms with Gasteiger partial charge in [0.05, 0.1) is 28.7 Å². The van der Waals surface area contributed by atoms with Gasteiger partial charge in [0, 0.05) is 37.1 Å². The summed E-state index contributed by atoms with van der Waals surface area (Å²) in [5.41, 5.74) is 5.42. The third kappa shape index (κ3) is 3.95. The lowest BCUT2D eigenvalue weighted by atomic mass is 10.0. The first kappa shape index (κ1) is 19.4. The molecule has 1 amide bonds. The van der Waals surface area contributed by atoms with Gasteiger partial charge in [-0.15, -0.1) is 0 Å². The van der Waals surface area contributed by atoms with Crippen molar-refractivity contribution in [2.75, 3.05) is 12.4 Å². The Balaban J connectivity index is 1.49. The van der Waals surface area contributed by atoms with Crippen LogP contribution in [0.3, 0.4) is 0 Å². The molecule has 1 aromatic carbocycles. The molecule has 1 aliphatic rings. The molecule has 30 heavy (non-hydrogen) atoms. The van der Waals surface area contributed by atoms with Crippen LogP contribution >= 0.6 is 0 Å². The second-order valence-corrected chi connectivity index (χ2v) is 7.00. The van der Waals surface area contributed by atoms with Crippen LogP contribution in [0.2, 0.25) is 0 Å². The number of pyridine rings is 2. The van der Waals surface area contributed by atoms with Gasteiger partial charge in [0.2, 0.25) is 0 Å². The first-order valence-electron chi connectivity index (χ1n) is 9.40. The van der Waals surface area contributed by atoms with Gasteiger partial charge >= 0.3 is 0 Å². The minimum absolute atomic E-state index is 0.326. The third-order valence-corrected chi connectivity index (χ3v) is 4.82. The Morgan fingerprint density at radius 3 is 2.80 bits per heavy atom. The van der Waals surface area contributed by atoms with Crippen LogP contribution in [0.4, 0.5) is 11.5 Å². The summed E-state index contributed by atoms with van der Waals surface area (Å²) in [6.07, 6.45) is 3.79. The summed E-state index contributed by atoms with van der Waals surface area (Å²) >= 11 is 0. The highest BCUT2D eigenvalue weighted by Crippen LogP contribution is 2.31. The van der Waals surface area contributed by atoms with Crippen molar-refractivity contribution in [3.05, 3.63) is 82.8 Å². The average Bonchev–Trinajstić information content (AvgIpc) is 3.18. The molecule has 0 fully saturated rings. The number of anilines is 1. The minimum Gasteiger partial charge on any atom is -0.371 e. The van der Waals surface area contributed by atoms with Crippen LogP contribution in [0.15, 0.2) is 59.9 Å². The van der Waals surface area contributed by atoms with E-state index >= 15 is 0 Å². The molecule has 0 aliphatic carbocycles. The smallest absolute Gasteiger partial charge is 0.256 e. The number of benzene rings is 1. The van der Waals surface area contributed by atoms with Gasteiger partial charge in [0.25, 0.3) is 5.91 Å². The first-order valence-corrected chi connectivity index (χ1v) is 9.40. The first-order chi connectivity index (χ1) is 14.6. The molecular formula is C23H19N5O2. The van der Waals surface area contributed by atoms with Crippen LogP contribution in [0, 0.1) is 18.3 Å². The SMILES string of the molecule is CO[C@H](C1=Nc2cc(C)cnc2C1)c1ccc(NC(=O)c2cccc(C#N)c2)nc1. The lowest BCUT2D eigenvalue weighted by molar-refractivity contribution is 0.102. The summed E-state index contributed by atoms with van der Waals surface area (Å²) in [4.78, 5) is 25.9. The van der Waals surface area contributed by atoms with E-state index in [1.807, 2.05) is 31.3 Å². The highest BCUT2D eigenvalue weighted by Gasteiger charge is 2.25. The zero-order chi connectivity index (χ0) is 21.1. The fourth-order valence-corrected chi connectivity index (χ4v) is 3.35. The Labute approximate surface area is 174 Å². The largest absolute Gasteiger partial charge is 0.371 e. The van der Waals surface area contributed by atoms with Crippen LogP contribution < -0.4 is 5.32 Å². The molecule has 7 heteroatoms. The van der Waals surface area contributed by atoms with Crippen LogP contribution in [0.5, 0.6) is 0 Å². The van der Waals surface area contributed by atoms with Crippen LogP contribution in [-0.4, -0.2) is 28.7 Å². The van der Waals surface area contributed by atoms with Gasteiger partial charge in [-0.25, -0.2) is 4.98 Å². The van der Waals surface area contributed by atoms with E-state index in [0.29, 0.717) is 23.4 Å². The molecule has 7 nitrogen and oxygen atoms in total. The molecule has 2 aromatic heterocycles. The molecule has 1 N–H and O–H groups in total. The van der Waals surface area contributed by atoms with Gasteiger partial charge in [-0.05, 0) is 42.8 Å². The van der Waals surface area contributed by atoms with E-state index in [4.69, 9.17) is 15.0 Å². The quantitative estimate of drug-likeness (QED) is 0.703. The summed E-state index contributed by atoms with van der Waals surface area (Å²) in [6, 6.07) is 14.1. The van der Waals surface area contributed by atoms with Crippen molar-refractivity contribution in [2.45, 2.75) is 19.4 Å². The summed E-state index contributed by atoms with van der Waals surface area (Å²) in [6.45, 7) is 1.99. The van der Waals surface area contributed by atoms with E-state index in [1.54, 1.807) is 37.6 Å². The van der Waals surface area contributed by atoms with E-state index in [2.05, 4.69) is 15.3 Å². The number of aromatic nitrogens is 2. The number of nitrogens with one attached hydrogen (secondary N) is 1. The van der Waals surface area contributed by atoms with Crippen LogP contribution in [-0.2, 0) is 11.2 Å². The van der Waals surface area contributed by atoms with Gasteiger partial charge < -0.3 is 10.1 Å². The third-order valence-electron chi connectivity index (χ3n) is 4.82. The minimum atomic E-state index is -0.343. The molecule has 4 rings (SSSR count). The number of aliphatic imine (C=N–C) groups is 1. The molecule has 148 valence electrons. The van der Waals surface area contributed by atoms with Crippen LogP contribution in [0.1, 0.15) is 38.8 Å².